The molecule has 5 heteroatoms. The Labute approximate surface area is 169 Å². The number of fused-ring (bicyclic) bond motifs is 4. The van der Waals surface area contributed by atoms with Gasteiger partial charge < -0.3 is 4.74 Å². The highest BCUT2D eigenvalue weighted by Gasteiger charge is 2.55. The Balaban J connectivity index is 1.68. The van der Waals surface area contributed by atoms with Gasteiger partial charge in [0.2, 0.25) is 0 Å². The maximum absolute atomic E-state index is 13.7. The maximum atomic E-state index is 13.7. The van der Waals surface area contributed by atoms with Crippen LogP contribution in [0.3, 0.4) is 0 Å². The van der Waals surface area contributed by atoms with E-state index in [1.807, 2.05) is 67.6 Å². The summed E-state index contributed by atoms with van der Waals surface area (Å²) in [6.07, 6.45) is 0.489. The molecule has 0 unspecified atom stereocenters. The van der Waals surface area contributed by atoms with Crippen molar-refractivity contribution < 1.29 is 14.3 Å². The first kappa shape index (κ1) is 17.5. The lowest BCUT2D eigenvalue weighted by Crippen LogP contribution is -2.67. The zero-order valence-electron chi connectivity index (χ0n) is 16.0. The smallest absolute Gasteiger partial charge is 0.335 e. The predicted octanol–water partition coefficient (Wildman–Crippen LogP) is 5.01. The van der Waals surface area contributed by atoms with Gasteiger partial charge in [-0.3, -0.25) is 14.6 Å². The van der Waals surface area contributed by atoms with Gasteiger partial charge in [0.25, 0.3) is 5.91 Å². The van der Waals surface area contributed by atoms with Crippen molar-refractivity contribution in [2.45, 2.75) is 25.1 Å². The topological polar surface area (TPSA) is 49.9 Å². The van der Waals surface area contributed by atoms with Crippen LogP contribution in [0, 0.1) is 0 Å². The van der Waals surface area contributed by atoms with E-state index in [4.69, 9.17) is 4.74 Å². The van der Waals surface area contributed by atoms with Crippen LogP contribution >= 0.6 is 0 Å². The summed E-state index contributed by atoms with van der Waals surface area (Å²) in [6, 6.07) is 25.2. The number of carbonyl (C=O) groups excluding carboxylic acids is 2. The Kier molecular flexibility index (Phi) is 3.91. The second-order valence-electron chi connectivity index (χ2n) is 7.53. The second kappa shape index (κ2) is 6.48. The number of hydrogen-bond donors (Lipinski definition) is 0. The quantitative estimate of drug-likeness (QED) is 0.624. The summed E-state index contributed by atoms with van der Waals surface area (Å²) in [6.45, 7) is 1.91. The molecule has 29 heavy (non-hydrogen) atoms. The summed E-state index contributed by atoms with van der Waals surface area (Å²) in [5, 5.41) is 0. The highest BCUT2D eigenvalue weighted by atomic mass is 16.5. The molecule has 0 N–H and O–H groups in total. The largest absolute Gasteiger partial charge is 0.467 e. The molecule has 2 atom stereocenters. The number of ether oxygens (including phenoxy) is 1. The van der Waals surface area contributed by atoms with E-state index in [2.05, 4.69) is 0 Å². The molecule has 5 nitrogen and oxygen atoms in total. The number of rotatable bonds is 2. The van der Waals surface area contributed by atoms with E-state index < -0.39 is 5.72 Å². The first-order chi connectivity index (χ1) is 14.1. The van der Waals surface area contributed by atoms with Crippen LogP contribution in [-0.2, 0) is 0 Å². The van der Waals surface area contributed by atoms with Crippen LogP contribution in [0.4, 0.5) is 10.5 Å². The van der Waals surface area contributed by atoms with Crippen LogP contribution in [0.1, 0.15) is 35.3 Å². The molecule has 2 aliphatic heterocycles. The standard InChI is InChI=1S/C24H20N2O3/c1-24-16-20(19-14-8-9-15-21(19)29-24)25(22(27)17-10-4-2-5-11-17)23(28)26(24)18-12-6-3-7-13-18/h2-15,20H,16H2,1H3/t20-,24-/m0/s1. The first-order valence-electron chi connectivity index (χ1n) is 9.64. The summed E-state index contributed by atoms with van der Waals surface area (Å²) in [5.41, 5.74) is 1.16. The molecule has 0 saturated carbocycles. The molecule has 5 rings (SSSR count). The fourth-order valence-corrected chi connectivity index (χ4v) is 4.32. The summed E-state index contributed by atoms with van der Waals surface area (Å²) < 4.78 is 6.33. The normalized spacial score (nSPS) is 22.7. The molecule has 144 valence electrons. The summed E-state index contributed by atoms with van der Waals surface area (Å²) in [4.78, 5) is 30.1. The number of benzene rings is 3. The van der Waals surface area contributed by atoms with Crippen molar-refractivity contribution in [3.8, 4) is 5.75 Å². The van der Waals surface area contributed by atoms with Crippen molar-refractivity contribution in [3.05, 3.63) is 96.1 Å². The summed E-state index contributed by atoms with van der Waals surface area (Å²) >= 11 is 0. The second-order valence-corrected chi connectivity index (χ2v) is 7.53. The van der Waals surface area contributed by atoms with Gasteiger partial charge in [0.15, 0.2) is 5.72 Å². The van der Waals surface area contributed by atoms with Crippen molar-refractivity contribution in [1.29, 1.82) is 0 Å². The van der Waals surface area contributed by atoms with Gasteiger partial charge in [-0.05, 0) is 37.3 Å². The van der Waals surface area contributed by atoms with E-state index in [9.17, 15) is 9.59 Å². The van der Waals surface area contributed by atoms with Crippen LogP contribution in [0.15, 0.2) is 84.9 Å². The number of urea groups is 1. The molecular formula is C24H20N2O3. The number of nitrogens with zero attached hydrogens (tertiary/aromatic N) is 2. The number of imide groups is 1. The van der Waals surface area contributed by atoms with Crippen LogP contribution in [0.2, 0.25) is 0 Å². The van der Waals surface area contributed by atoms with Crippen LogP contribution in [-0.4, -0.2) is 22.6 Å². The van der Waals surface area contributed by atoms with Crippen molar-refractivity contribution in [2.24, 2.45) is 0 Å². The third-order valence-electron chi connectivity index (χ3n) is 5.62. The Morgan fingerprint density at radius 3 is 2.28 bits per heavy atom. The van der Waals surface area contributed by atoms with Gasteiger partial charge in [-0.25, -0.2) is 4.79 Å². The molecule has 2 bridgehead atoms. The number of anilines is 1. The summed E-state index contributed by atoms with van der Waals surface area (Å²) in [7, 11) is 0. The van der Waals surface area contributed by atoms with Gasteiger partial charge >= 0.3 is 6.03 Å². The molecule has 3 amide bonds. The van der Waals surface area contributed by atoms with Crippen molar-refractivity contribution in [2.75, 3.05) is 4.90 Å². The van der Waals surface area contributed by atoms with Gasteiger partial charge in [0.05, 0.1) is 6.04 Å². The van der Waals surface area contributed by atoms with Gasteiger partial charge in [-0.2, -0.15) is 0 Å². The molecule has 0 aromatic heterocycles. The van der Waals surface area contributed by atoms with Crippen molar-refractivity contribution >= 4 is 17.6 Å². The number of para-hydroxylation sites is 2. The molecule has 2 heterocycles. The van der Waals surface area contributed by atoms with E-state index in [0.717, 1.165) is 5.56 Å². The lowest BCUT2D eigenvalue weighted by Gasteiger charge is -2.53. The minimum atomic E-state index is -0.884. The average molecular weight is 384 g/mol. The molecule has 3 aromatic carbocycles. The first-order valence-corrected chi connectivity index (χ1v) is 9.64. The molecule has 1 saturated heterocycles. The highest BCUT2D eigenvalue weighted by molar-refractivity contribution is 6.10. The zero-order chi connectivity index (χ0) is 20.0. The number of carbonyl (C=O) groups is 2. The van der Waals surface area contributed by atoms with E-state index in [1.165, 1.54) is 4.90 Å². The molecule has 2 aliphatic rings. The van der Waals surface area contributed by atoms with Gasteiger partial charge in [-0.15, -0.1) is 0 Å². The Morgan fingerprint density at radius 2 is 1.55 bits per heavy atom. The molecular weight excluding hydrogens is 364 g/mol. The minimum Gasteiger partial charge on any atom is -0.467 e. The summed E-state index contributed by atoms with van der Waals surface area (Å²) in [5.74, 6) is 0.394. The minimum absolute atomic E-state index is 0.305. The highest BCUT2D eigenvalue weighted by Crippen LogP contribution is 2.49. The average Bonchev–Trinajstić information content (AvgIpc) is 2.74. The number of hydrogen-bond acceptors (Lipinski definition) is 3. The monoisotopic (exact) mass is 384 g/mol. The van der Waals surface area contributed by atoms with E-state index in [-0.39, 0.29) is 18.0 Å². The van der Waals surface area contributed by atoms with Gasteiger partial charge in [-0.1, -0.05) is 54.6 Å². The fourth-order valence-electron chi connectivity index (χ4n) is 4.32. The number of amides is 3. The maximum Gasteiger partial charge on any atom is 0.335 e. The van der Waals surface area contributed by atoms with Gasteiger partial charge in [0, 0.05) is 23.2 Å². The molecule has 1 fully saturated rings. The SMILES string of the molecule is C[C@@]12C[C@@H](c3ccccc3O1)N(C(=O)c1ccccc1)C(=O)N2c1ccccc1. The predicted molar refractivity (Wildman–Crippen MR) is 110 cm³/mol. The van der Waals surface area contributed by atoms with Crippen LogP contribution < -0.4 is 9.64 Å². The van der Waals surface area contributed by atoms with Crippen LogP contribution in [0.5, 0.6) is 5.75 Å². The van der Waals surface area contributed by atoms with Crippen molar-refractivity contribution in [1.82, 2.24) is 4.90 Å². The van der Waals surface area contributed by atoms with E-state index in [0.29, 0.717) is 23.4 Å². The lowest BCUT2D eigenvalue weighted by atomic mass is 9.88. The third kappa shape index (κ3) is 2.70. The van der Waals surface area contributed by atoms with E-state index >= 15 is 0 Å². The van der Waals surface area contributed by atoms with Crippen LogP contribution in [0.25, 0.3) is 0 Å². The third-order valence-corrected chi connectivity index (χ3v) is 5.62. The molecule has 0 aliphatic carbocycles. The zero-order valence-corrected chi connectivity index (χ0v) is 16.0. The fraction of sp³-hybridized carbons (Fsp3) is 0.167. The Bertz CT molecular complexity index is 1080. The molecule has 0 radical (unpaired) electrons. The van der Waals surface area contributed by atoms with Crippen molar-refractivity contribution in [3.63, 3.8) is 0 Å². The Hall–Kier alpha value is -3.60. The van der Waals surface area contributed by atoms with Gasteiger partial charge in [0.1, 0.15) is 5.75 Å². The molecule has 0 spiro atoms. The Morgan fingerprint density at radius 1 is 0.931 bits per heavy atom. The molecule has 3 aromatic rings. The van der Waals surface area contributed by atoms with E-state index in [1.54, 1.807) is 29.2 Å². The lowest BCUT2D eigenvalue weighted by molar-refractivity contribution is 0.00268.